The second kappa shape index (κ2) is 11.7. The molecule has 1 aromatic rings. The third-order valence-electron chi connectivity index (χ3n) is 3.73. The molecule has 21 heavy (non-hydrogen) atoms. The van der Waals surface area contributed by atoms with Gasteiger partial charge in [-0.2, -0.15) is 0 Å². The lowest BCUT2D eigenvalue weighted by Crippen LogP contribution is -2.26. The van der Waals surface area contributed by atoms with Gasteiger partial charge in [-0.3, -0.25) is 0 Å². The number of methoxy groups -OCH3 is 1. The van der Waals surface area contributed by atoms with Crippen molar-refractivity contribution in [2.24, 2.45) is 5.92 Å². The van der Waals surface area contributed by atoms with Gasteiger partial charge in [0.25, 0.3) is 0 Å². The van der Waals surface area contributed by atoms with Gasteiger partial charge in [0, 0.05) is 13.7 Å². The first-order valence-electron chi connectivity index (χ1n) is 8.09. The van der Waals surface area contributed by atoms with E-state index in [1.807, 2.05) is 0 Å². The minimum Gasteiger partial charge on any atom is -0.382 e. The molecule has 0 aliphatic heterocycles. The molecule has 3 nitrogen and oxygen atoms in total. The molecule has 0 saturated carbocycles. The van der Waals surface area contributed by atoms with Crippen molar-refractivity contribution < 1.29 is 9.47 Å². The molecule has 0 spiro atoms. The van der Waals surface area contributed by atoms with Gasteiger partial charge in [-0.1, -0.05) is 31.2 Å². The Hall–Kier alpha value is -0.900. The van der Waals surface area contributed by atoms with Gasteiger partial charge in [0.15, 0.2) is 0 Å². The van der Waals surface area contributed by atoms with Crippen LogP contribution in [0.5, 0.6) is 0 Å². The molecule has 3 heteroatoms. The number of aryl methyl sites for hydroxylation is 1. The van der Waals surface area contributed by atoms with Crippen LogP contribution in [-0.2, 0) is 15.9 Å². The number of rotatable bonds is 12. The van der Waals surface area contributed by atoms with Crippen LogP contribution in [0.3, 0.4) is 0 Å². The maximum absolute atomic E-state index is 5.63. The van der Waals surface area contributed by atoms with Crippen molar-refractivity contribution in [3.8, 4) is 0 Å². The lowest BCUT2D eigenvalue weighted by Gasteiger charge is -2.19. The largest absolute Gasteiger partial charge is 0.382 e. The molecule has 0 fully saturated rings. The maximum Gasteiger partial charge on any atom is 0.0700 e. The second-order valence-corrected chi connectivity index (χ2v) is 5.59. The highest BCUT2D eigenvalue weighted by atomic mass is 16.5. The Morgan fingerprint density at radius 3 is 2.67 bits per heavy atom. The van der Waals surface area contributed by atoms with Gasteiger partial charge in [-0.05, 0) is 56.3 Å². The molecule has 0 saturated heterocycles. The topological polar surface area (TPSA) is 30.5 Å². The summed E-state index contributed by atoms with van der Waals surface area (Å²) in [6, 6.07) is 8.68. The summed E-state index contributed by atoms with van der Waals surface area (Å²) in [6.07, 6.45) is 3.40. The van der Waals surface area contributed by atoms with Crippen LogP contribution in [0.1, 0.15) is 30.9 Å². The highest BCUT2D eigenvalue weighted by molar-refractivity contribution is 5.25. The first-order valence-corrected chi connectivity index (χ1v) is 8.09. The van der Waals surface area contributed by atoms with Crippen LogP contribution in [0, 0.1) is 12.8 Å². The number of benzene rings is 1. The minimum absolute atomic E-state index is 0.625. The molecule has 1 atom stereocenters. The third kappa shape index (κ3) is 8.20. The normalized spacial score (nSPS) is 12.5. The van der Waals surface area contributed by atoms with Crippen molar-refractivity contribution in [3.63, 3.8) is 0 Å². The van der Waals surface area contributed by atoms with E-state index in [2.05, 4.69) is 43.4 Å². The lowest BCUT2D eigenvalue weighted by molar-refractivity contribution is 0.0636. The standard InChI is InChI=1S/C18H31NO2/c1-4-10-19-15-17(9-11-21-13-12-20-3)14-18-8-6-5-7-16(18)2/h5-8,17,19H,4,9-15H2,1-3H3. The first kappa shape index (κ1) is 18.1. The van der Waals surface area contributed by atoms with Crippen LogP contribution in [-0.4, -0.2) is 40.0 Å². The molecule has 1 aromatic carbocycles. The van der Waals surface area contributed by atoms with E-state index >= 15 is 0 Å². The number of nitrogens with one attached hydrogen (secondary N) is 1. The van der Waals surface area contributed by atoms with Gasteiger partial charge in [-0.15, -0.1) is 0 Å². The molecule has 0 aromatic heterocycles. The molecule has 1 rings (SSSR count). The number of hydrogen-bond donors (Lipinski definition) is 1. The zero-order chi connectivity index (χ0) is 15.3. The van der Waals surface area contributed by atoms with Crippen LogP contribution in [0.2, 0.25) is 0 Å². The van der Waals surface area contributed by atoms with Gasteiger partial charge >= 0.3 is 0 Å². The van der Waals surface area contributed by atoms with Gasteiger partial charge in [0.05, 0.1) is 13.2 Å². The van der Waals surface area contributed by atoms with Crippen LogP contribution in [0.15, 0.2) is 24.3 Å². The molecule has 1 N–H and O–H groups in total. The Labute approximate surface area is 130 Å². The van der Waals surface area contributed by atoms with Crippen LogP contribution in [0.25, 0.3) is 0 Å². The Bertz CT molecular complexity index is 368. The average molecular weight is 293 g/mol. The highest BCUT2D eigenvalue weighted by Crippen LogP contribution is 2.15. The fraction of sp³-hybridized carbons (Fsp3) is 0.667. The molecule has 1 unspecified atom stereocenters. The lowest BCUT2D eigenvalue weighted by atomic mass is 9.94. The van der Waals surface area contributed by atoms with Crippen molar-refractivity contribution >= 4 is 0 Å². The van der Waals surface area contributed by atoms with E-state index in [0.29, 0.717) is 19.1 Å². The maximum atomic E-state index is 5.63. The van der Waals surface area contributed by atoms with Crippen LogP contribution < -0.4 is 5.32 Å². The quantitative estimate of drug-likeness (QED) is 0.600. The van der Waals surface area contributed by atoms with Crippen LogP contribution in [0.4, 0.5) is 0 Å². The molecule has 0 bridgehead atoms. The van der Waals surface area contributed by atoms with Crippen molar-refractivity contribution in [2.75, 3.05) is 40.0 Å². The molecule has 0 heterocycles. The predicted octanol–water partition coefficient (Wildman–Crippen LogP) is 3.21. The molecule has 0 aliphatic rings. The molecule has 0 amide bonds. The molecule has 120 valence electrons. The summed E-state index contributed by atoms with van der Waals surface area (Å²) >= 11 is 0. The summed E-state index contributed by atoms with van der Waals surface area (Å²) in [5.41, 5.74) is 2.84. The van der Waals surface area contributed by atoms with Crippen molar-refractivity contribution in [2.45, 2.75) is 33.1 Å². The third-order valence-corrected chi connectivity index (χ3v) is 3.73. The zero-order valence-electron chi connectivity index (χ0n) is 13.9. The smallest absolute Gasteiger partial charge is 0.0700 e. The fourth-order valence-electron chi connectivity index (χ4n) is 2.40. The van der Waals surface area contributed by atoms with Crippen molar-refractivity contribution in [3.05, 3.63) is 35.4 Å². The van der Waals surface area contributed by atoms with E-state index in [-0.39, 0.29) is 0 Å². The Morgan fingerprint density at radius 2 is 1.95 bits per heavy atom. The summed E-state index contributed by atoms with van der Waals surface area (Å²) in [4.78, 5) is 0. The summed E-state index contributed by atoms with van der Waals surface area (Å²) in [5.74, 6) is 0.625. The van der Waals surface area contributed by atoms with Gasteiger partial charge in [0.1, 0.15) is 0 Å². The van der Waals surface area contributed by atoms with E-state index in [1.165, 1.54) is 17.5 Å². The zero-order valence-corrected chi connectivity index (χ0v) is 13.9. The molecular weight excluding hydrogens is 262 g/mol. The SMILES string of the molecule is CCCNCC(CCOCCOC)Cc1ccccc1C. The molecule has 0 aliphatic carbocycles. The van der Waals surface area contributed by atoms with E-state index in [4.69, 9.17) is 9.47 Å². The first-order chi connectivity index (χ1) is 10.3. The van der Waals surface area contributed by atoms with Gasteiger partial charge in [-0.25, -0.2) is 0 Å². The summed E-state index contributed by atoms with van der Waals surface area (Å²) in [7, 11) is 1.71. The average Bonchev–Trinajstić information content (AvgIpc) is 2.49. The molecular formula is C18H31NO2. The highest BCUT2D eigenvalue weighted by Gasteiger charge is 2.11. The van der Waals surface area contributed by atoms with Crippen molar-refractivity contribution in [1.82, 2.24) is 5.32 Å². The van der Waals surface area contributed by atoms with Crippen LogP contribution >= 0.6 is 0 Å². The number of ether oxygens (including phenoxy) is 2. The fourth-order valence-corrected chi connectivity index (χ4v) is 2.40. The molecule has 0 radical (unpaired) electrons. The summed E-state index contributed by atoms with van der Waals surface area (Å²) < 4.78 is 10.6. The second-order valence-electron chi connectivity index (χ2n) is 5.59. The van der Waals surface area contributed by atoms with E-state index < -0.39 is 0 Å². The Kier molecular flexibility index (Phi) is 10.1. The van der Waals surface area contributed by atoms with Gasteiger partial charge < -0.3 is 14.8 Å². The minimum atomic E-state index is 0.625. The van der Waals surface area contributed by atoms with E-state index in [9.17, 15) is 0 Å². The predicted molar refractivity (Wildman–Crippen MR) is 88.8 cm³/mol. The Morgan fingerprint density at radius 1 is 1.14 bits per heavy atom. The Balaban J connectivity index is 2.41. The van der Waals surface area contributed by atoms with Gasteiger partial charge in [0.2, 0.25) is 0 Å². The summed E-state index contributed by atoms with van der Waals surface area (Å²) in [5, 5.41) is 3.55. The van der Waals surface area contributed by atoms with E-state index in [0.717, 1.165) is 32.5 Å². The summed E-state index contributed by atoms with van der Waals surface area (Å²) in [6.45, 7) is 8.74. The van der Waals surface area contributed by atoms with Crippen molar-refractivity contribution in [1.29, 1.82) is 0 Å². The monoisotopic (exact) mass is 293 g/mol. The number of hydrogen-bond acceptors (Lipinski definition) is 3. The van der Waals surface area contributed by atoms with E-state index in [1.54, 1.807) is 7.11 Å².